The molecule has 4 nitrogen and oxygen atoms in total. The zero-order valence-corrected chi connectivity index (χ0v) is 8.07. The summed E-state index contributed by atoms with van der Waals surface area (Å²) in [6, 6.07) is 8.47. The highest BCUT2D eigenvalue weighted by Crippen LogP contribution is 2.20. The Labute approximate surface area is 85.7 Å². The van der Waals surface area contributed by atoms with Gasteiger partial charge in [-0.2, -0.15) is 5.26 Å². The molecule has 1 N–H and O–H groups in total. The lowest BCUT2D eigenvalue weighted by Gasteiger charge is -2.02. The summed E-state index contributed by atoms with van der Waals surface area (Å²) in [7, 11) is 1.55. The number of pyridine rings is 1. The van der Waals surface area contributed by atoms with E-state index in [0.29, 0.717) is 16.8 Å². The van der Waals surface area contributed by atoms with Crippen LogP contribution in [0.3, 0.4) is 0 Å². The number of methoxy groups -OCH3 is 1. The van der Waals surface area contributed by atoms with Gasteiger partial charge < -0.3 is 9.72 Å². The van der Waals surface area contributed by atoms with Gasteiger partial charge in [0.15, 0.2) is 0 Å². The van der Waals surface area contributed by atoms with Crippen LogP contribution >= 0.6 is 0 Å². The molecule has 0 unspecified atom stereocenters. The minimum absolute atomic E-state index is 0.285. The summed E-state index contributed by atoms with van der Waals surface area (Å²) in [5.41, 5.74) is 0.696. The SMILES string of the molecule is COc1ccc2c(C#N)cc(=O)[nH]c2c1. The molecule has 0 atom stereocenters. The van der Waals surface area contributed by atoms with Gasteiger partial charge in [-0.3, -0.25) is 4.79 Å². The average Bonchev–Trinajstić information content (AvgIpc) is 2.26. The van der Waals surface area contributed by atoms with Crippen molar-refractivity contribution in [3.63, 3.8) is 0 Å². The van der Waals surface area contributed by atoms with E-state index < -0.39 is 0 Å². The molecule has 0 bridgehead atoms. The molecule has 0 saturated heterocycles. The van der Waals surface area contributed by atoms with Gasteiger partial charge in [-0.1, -0.05) is 0 Å². The van der Waals surface area contributed by atoms with E-state index in [-0.39, 0.29) is 5.56 Å². The number of rotatable bonds is 1. The predicted molar refractivity (Wildman–Crippen MR) is 55.8 cm³/mol. The van der Waals surface area contributed by atoms with Gasteiger partial charge in [0.05, 0.1) is 18.2 Å². The first-order valence-corrected chi connectivity index (χ1v) is 4.36. The van der Waals surface area contributed by atoms with Crippen molar-refractivity contribution in [2.75, 3.05) is 7.11 Å². The van der Waals surface area contributed by atoms with Crippen LogP contribution < -0.4 is 10.3 Å². The zero-order valence-electron chi connectivity index (χ0n) is 8.07. The summed E-state index contributed by atoms with van der Waals surface area (Å²) in [5, 5.41) is 9.57. The minimum Gasteiger partial charge on any atom is -0.497 e. The zero-order chi connectivity index (χ0) is 10.8. The Balaban J connectivity index is 2.85. The van der Waals surface area contributed by atoms with Gasteiger partial charge >= 0.3 is 0 Å². The van der Waals surface area contributed by atoms with E-state index in [9.17, 15) is 4.79 Å². The highest BCUT2D eigenvalue weighted by atomic mass is 16.5. The van der Waals surface area contributed by atoms with Crippen LogP contribution in [0.2, 0.25) is 0 Å². The van der Waals surface area contributed by atoms with Crippen LogP contribution in [0.25, 0.3) is 10.9 Å². The number of nitriles is 1. The van der Waals surface area contributed by atoms with E-state index in [0.717, 1.165) is 5.39 Å². The summed E-state index contributed by atoms with van der Waals surface area (Å²) >= 11 is 0. The van der Waals surface area contributed by atoms with E-state index in [4.69, 9.17) is 10.00 Å². The Morgan fingerprint density at radius 2 is 2.20 bits per heavy atom. The van der Waals surface area contributed by atoms with Crippen LogP contribution in [0.1, 0.15) is 5.56 Å². The molecule has 0 aliphatic heterocycles. The number of ether oxygens (including phenoxy) is 1. The second kappa shape index (κ2) is 3.46. The topological polar surface area (TPSA) is 65.9 Å². The minimum atomic E-state index is -0.285. The van der Waals surface area contributed by atoms with Gasteiger partial charge in [-0.25, -0.2) is 0 Å². The molecule has 4 heteroatoms. The van der Waals surface area contributed by atoms with Gasteiger partial charge in [0.2, 0.25) is 5.56 Å². The molecule has 0 spiro atoms. The number of nitrogens with zero attached hydrogens (tertiary/aromatic N) is 1. The molecule has 0 radical (unpaired) electrons. The maximum atomic E-state index is 11.2. The second-order valence-electron chi connectivity index (χ2n) is 3.07. The lowest BCUT2D eigenvalue weighted by Crippen LogP contribution is -2.05. The Hall–Kier alpha value is -2.28. The number of hydrogen-bond acceptors (Lipinski definition) is 3. The highest BCUT2D eigenvalue weighted by molar-refractivity contribution is 5.85. The number of benzene rings is 1. The fourth-order valence-electron chi connectivity index (χ4n) is 1.46. The Morgan fingerprint density at radius 3 is 2.87 bits per heavy atom. The molecule has 15 heavy (non-hydrogen) atoms. The van der Waals surface area contributed by atoms with Crippen molar-refractivity contribution in [1.82, 2.24) is 4.98 Å². The Bertz CT molecular complexity index is 608. The second-order valence-corrected chi connectivity index (χ2v) is 3.07. The summed E-state index contributed by atoms with van der Waals surface area (Å²) in [5.74, 6) is 0.647. The van der Waals surface area contributed by atoms with Crippen LogP contribution in [0, 0.1) is 11.3 Å². The molecular formula is C11H8N2O2. The van der Waals surface area contributed by atoms with E-state index in [1.807, 2.05) is 6.07 Å². The summed E-state index contributed by atoms with van der Waals surface area (Å²) in [4.78, 5) is 13.9. The monoisotopic (exact) mass is 200 g/mol. The molecule has 0 saturated carbocycles. The van der Waals surface area contributed by atoms with Crippen molar-refractivity contribution in [3.8, 4) is 11.8 Å². The number of nitrogens with one attached hydrogen (secondary N) is 1. The van der Waals surface area contributed by atoms with Crippen LogP contribution in [0.4, 0.5) is 0 Å². The van der Waals surface area contributed by atoms with Gasteiger partial charge in [0.25, 0.3) is 0 Å². The van der Waals surface area contributed by atoms with Crippen LogP contribution in [0.5, 0.6) is 5.75 Å². The van der Waals surface area contributed by atoms with E-state index >= 15 is 0 Å². The number of hydrogen-bond donors (Lipinski definition) is 1. The molecule has 0 amide bonds. The van der Waals surface area contributed by atoms with Crippen molar-refractivity contribution < 1.29 is 4.74 Å². The molecule has 2 rings (SSSR count). The van der Waals surface area contributed by atoms with Crippen molar-refractivity contribution >= 4 is 10.9 Å². The average molecular weight is 200 g/mol. The van der Waals surface area contributed by atoms with E-state index in [2.05, 4.69) is 4.98 Å². The third kappa shape index (κ3) is 1.55. The van der Waals surface area contributed by atoms with Gasteiger partial charge in [0, 0.05) is 17.5 Å². The maximum absolute atomic E-state index is 11.2. The Kier molecular flexibility index (Phi) is 2.14. The lowest BCUT2D eigenvalue weighted by atomic mass is 10.1. The molecule has 1 heterocycles. The van der Waals surface area contributed by atoms with Crippen molar-refractivity contribution in [2.24, 2.45) is 0 Å². The fourth-order valence-corrected chi connectivity index (χ4v) is 1.46. The summed E-state index contributed by atoms with van der Waals surface area (Å²) < 4.78 is 5.03. The summed E-state index contributed by atoms with van der Waals surface area (Å²) in [6.07, 6.45) is 0. The van der Waals surface area contributed by atoms with Crippen molar-refractivity contribution in [1.29, 1.82) is 5.26 Å². The molecule has 0 fully saturated rings. The standard InChI is InChI=1S/C11H8N2O2/c1-15-8-2-3-9-7(6-12)4-11(14)13-10(9)5-8/h2-5H,1H3,(H,13,14). The molecule has 0 aliphatic carbocycles. The van der Waals surface area contributed by atoms with Gasteiger partial charge in [0.1, 0.15) is 11.8 Å². The highest BCUT2D eigenvalue weighted by Gasteiger charge is 2.03. The molecule has 0 aliphatic rings. The number of fused-ring (bicyclic) bond motifs is 1. The first-order valence-electron chi connectivity index (χ1n) is 4.36. The smallest absolute Gasteiger partial charge is 0.249 e. The van der Waals surface area contributed by atoms with Crippen LogP contribution in [-0.4, -0.2) is 12.1 Å². The number of H-pyrrole nitrogens is 1. The molecule has 74 valence electrons. The fraction of sp³-hybridized carbons (Fsp3) is 0.0909. The molecule has 2 aromatic rings. The predicted octanol–water partition coefficient (Wildman–Crippen LogP) is 1.41. The lowest BCUT2D eigenvalue weighted by molar-refractivity contribution is 0.415. The first kappa shape index (κ1) is 9.28. The third-order valence-electron chi connectivity index (χ3n) is 2.17. The molecule has 1 aromatic carbocycles. The van der Waals surface area contributed by atoms with E-state index in [1.165, 1.54) is 6.07 Å². The van der Waals surface area contributed by atoms with Crippen molar-refractivity contribution in [2.45, 2.75) is 0 Å². The Morgan fingerprint density at radius 1 is 1.40 bits per heavy atom. The maximum Gasteiger partial charge on any atom is 0.249 e. The van der Waals surface area contributed by atoms with Crippen LogP contribution in [0.15, 0.2) is 29.1 Å². The van der Waals surface area contributed by atoms with Crippen molar-refractivity contribution in [3.05, 3.63) is 40.2 Å². The third-order valence-corrected chi connectivity index (χ3v) is 2.17. The number of aromatic nitrogens is 1. The van der Waals surface area contributed by atoms with Crippen LogP contribution in [-0.2, 0) is 0 Å². The van der Waals surface area contributed by atoms with Gasteiger partial charge in [-0.05, 0) is 12.1 Å². The summed E-state index contributed by atoms with van der Waals surface area (Å²) in [6.45, 7) is 0. The van der Waals surface area contributed by atoms with Gasteiger partial charge in [-0.15, -0.1) is 0 Å². The molecular weight excluding hydrogens is 192 g/mol. The normalized spacial score (nSPS) is 9.87. The molecule has 1 aromatic heterocycles. The quantitative estimate of drug-likeness (QED) is 0.756. The van der Waals surface area contributed by atoms with E-state index in [1.54, 1.807) is 25.3 Å². The number of aromatic amines is 1. The first-order chi connectivity index (χ1) is 7.24. The largest absolute Gasteiger partial charge is 0.497 e.